The molecule has 1 aliphatic heterocycles. The molecule has 0 spiro atoms. The maximum Gasteiger partial charge on any atom is 0.193 e. The summed E-state index contributed by atoms with van der Waals surface area (Å²) < 4.78 is 11.2. The fourth-order valence-electron chi connectivity index (χ4n) is 2.43. The lowest BCUT2D eigenvalue weighted by Crippen LogP contribution is -2.23. The van der Waals surface area contributed by atoms with Gasteiger partial charge in [0, 0.05) is 23.2 Å². The van der Waals surface area contributed by atoms with E-state index in [2.05, 4.69) is 10.3 Å². The first-order chi connectivity index (χ1) is 12.1. The predicted molar refractivity (Wildman–Crippen MR) is 98.6 cm³/mol. The minimum atomic E-state index is -0.775. The number of anilines is 1. The highest BCUT2D eigenvalue weighted by Gasteiger charge is 2.11. The van der Waals surface area contributed by atoms with Crippen molar-refractivity contribution < 1.29 is 14.6 Å². The quantitative estimate of drug-likeness (QED) is 0.575. The Morgan fingerprint density at radius 3 is 2.80 bits per heavy atom. The zero-order chi connectivity index (χ0) is 17.6. The second kappa shape index (κ2) is 8.09. The number of hydrogen-bond donors (Lipinski definition) is 3. The summed E-state index contributed by atoms with van der Waals surface area (Å²) in [5.41, 5.74) is 7.33. The number of aliphatic hydroxyl groups is 1. The van der Waals surface area contributed by atoms with Gasteiger partial charge in [-0.1, -0.05) is 23.7 Å². The molecule has 132 valence electrons. The van der Waals surface area contributed by atoms with Crippen LogP contribution in [0.15, 0.2) is 47.5 Å². The van der Waals surface area contributed by atoms with Crippen molar-refractivity contribution in [2.45, 2.75) is 12.5 Å². The van der Waals surface area contributed by atoms with Gasteiger partial charge >= 0.3 is 0 Å². The Labute approximate surface area is 151 Å². The molecule has 3 rings (SSSR count). The van der Waals surface area contributed by atoms with Crippen molar-refractivity contribution in [1.29, 1.82) is 0 Å². The number of hydrogen-bond acceptors (Lipinski definition) is 4. The third-order valence-corrected chi connectivity index (χ3v) is 3.92. The Morgan fingerprint density at radius 1 is 1.20 bits per heavy atom. The molecule has 2 aromatic carbocycles. The Kier molecular flexibility index (Phi) is 5.63. The molecule has 0 saturated heterocycles. The summed E-state index contributed by atoms with van der Waals surface area (Å²) >= 11 is 5.92. The number of nitrogens with two attached hydrogens (primary N) is 1. The van der Waals surface area contributed by atoms with Gasteiger partial charge in [-0.3, -0.25) is 4.99 Å². The van der Waals surface area contributed by atoms with Gasteiger partial charge < -0.3 is 25.6 Å². The highest BCUT2D eigenvalue weighted by molar-refractivity contribution is 6.30. The van der Waals surface area contributed by atoms with E-state index >= 15 is 0 Å². The lowest BCUT2D eigenvalue weighted by Gasteiger charge is -2.12. The van der Waals surface area contributed by atoms with Crippen LogP contribution in [-0.4, -0.2) is 30.8 Å². The summed E-state index contributed by atoms with van der Waals surface area (Å²) in [4.78, 5) is 4.17. The van der Waals surface area contributed by atoms with Crippen molar-refractivity contribution >= 4 is 23.2 Å². The molecule has 0 radical (unpaired) electrons. The van der Waals surface area contributed by atoms with Gasteiger partial charge in [-0.25, -0.2) is 0 Å². The van der Waals surface area contributed by atoms with Gasteiger partial charge in [-0.15, -0.1) is 0 Å². The zero-order valence-electron chi connectivity index (χ0n) is 13.6. The molecule has 1 unspecified atom stereocenters. The number of nitrogens with zero attached hydrogens (tertiary/aromatic N) is 1. The van der Waals surface area contributed by atoms with Crippen LogP contribution in [0.2, 0.25) is 5.02 Å². The first-order valence-electron chi connectivity index (χ1n) is 8.02. The summed E-state index contributed by atoms with van der Waals surface area (Å²) in [7, 11) is 0. The van der Waals surface area contributed by atoms with Crippen molar-refractivity contribution in [3.05, 3.63) is 53.1 Å². The van der Waals surface area contributed by atoms with Crippen molar-refractivity contribution in [2.24, 2.45) is 10.7 Å². The van der Waals surface area contributed by atoms with Crippen LogP contribution in [0.5, 0.6) is 11.5 Å². The van der Waals surface area contributed by atoms with Crippen LogP contribution >= 0.6 is 11.6 Å². The minimum Gasteiger partial charge on any atom is -0.490 e. The average Bonchev–Trinajstić information content (AvgIpc) is 2.84. The molecule has 1 aliphatic rings. The highest BCUT2D eigenvalue weighted by atomic mass is 35.5. The topological polar surface area (TPSA) is 89.1 Å². The SMILES string of the molecule is NC(=NCC(O)c1cccc(Cl)c1)Nc1ccc2c(c1)OCCCO2. The number of halogens is 1. The lowest BCUT2D eigenvalue weighted by atomic mass is 10.1. The van der Waals surface area contributed by atoms with Crippen molar-refractivity contribution in [2.75, 3.05) is 25.1 Å². The number of guanidine groups is 1. The van der Waals surface area contributed by atoms with E-state index in [-0.39, 0.29) is 12.5 Å². The van der Waals surface area contributed by atoms with Crippen LogP contribution in [0.4, 0.5) is 5.69 Å². The fourth-order valence-corrected chi connectivity index (χ4v) is 2.63. The molecular weight excluding hydrogens is 342 g/mol. The summed E-state index contributed by atoms with van der Waals surface area (Å²) in [6, 6.07) is 12.5. The van der Waals surface area contributed by atoms with E-state index in [1.54, 1.807) is 24.3 Å². The third kappa shape index (κ3) is 4.78. The second-order valence-corrected chi connectivity index (χ2v) is 6.07. The van der Waals surface area contributed by atoms with Crippen LogP contribution in [-0.2, 0) is 0 Å². The van der Waals surface area contributed by atoms with E-state index in [0.29, 0.717) is 29.5 Å². The van der Waals surface area contributed by atoms with Gasteiger partial charge in [-0.2, -0.15) is 0 Å². The van der Waals surface area contributed by atoms with Crippen molar-refractivity contribution in [1.82, 2.24) is 0 Å². The lowest BCUT2D eigenvalue weighted by molar-refractivity contribution is 0.187. The van der Waals surface area contributed by atoms with E-state index in [1.807, 2.05) is 18.2 Å². The maximum atomic E-state index is 10.2. The van der Waals surface area contributed by atoms with E-state index in [4.69, 9.17) is 26.8 Å². The molecule has 2 aromatic rings. The number of aliphatic hydroxyl groups excluding tert-OH is 1. The zero-order valence-corrected chi connectivity index (χ0v) is 14.4. The van der Waals surface area contributed by atoms with Gasteiger partial charge in [-0.05, 0) is 29.8 Å². The Bertz CT molecular complexity index is 767. The van der Waals surface area contributed by atoms with Gasteiger partial charge in [0.1, 0.15) is 0 Å². The van der Waals surface area contributed by atoms with Crippen LogP contribution in [0.3, 0.4) is 0 Å². The van der Waals surface area contributed by atoms with Gasteiger partial charge in [0.15, 0.2) is 17.5 Å². The molecule has 0 bridgehead atoms. The first kappa shape index (κ1) is 17.4. The monoisotopic (exact) mass is 361 g/mol. The molecular formula is C18H20ClN3O3. The molecule has 0 aliphatic carbocycles. The first-order valence-corrected chi connectivity index (χ1v) is 8.40. The molecule has 25 heavy (non-hydrogen) atoms. The molecule has 4 N–H and O–H groups in total. The highest BCUT2D eigenvalue weighted by Crippen LogP contribution is 2.32. The molecule has 6 nitrogen and oxygen atoms in total. The molecule has 0 saturated carbocycles. The second-order valence-electron chi connectivity index (χ2n) is 5.63. The molecule has 0 amide bonds. The van der Waals surface area contributed by atoms with Gasteiger partial charge in [0.2, 0.25) is 0 Å². The molecule has 1 heterocycles. The van der Waals surface area contributed by atoms with Crippen LogP contribution in [0, 0.1) is 0 Å². The third-order valence-electron chi connectivity index (χ3n) is 3.69. The fraction of sp³-hybridized carbons (Fsp3) is 0.278. The predicted octanol–water partition coefficient (Wildman–Crippen LogP) is 2.96. The molecule has 1 atom stereocenters. The van der Waals surface area contributed by atoms with E-state index in [1.165, 1.54) is 0 Å². The Hall–Kier alpha value is -2.44. The summed E-state index contributed by atoms with van der Waals surface area (Å²) in [6.45, 7) is 1.39. The van der Waals surface area contributed by atoms with Gasteiger partial charge in [0.05, 0.1) is 25.9 Å². The number of aliphatic imine (C=N–C) groups is 1. The van der Waals surface area contributed by atoms with Crippen molar-refractivity contribution in [3.63, 3.8) is 0 Å². The van der Waals surface area contributed by atoms with Crippen LogP contribution < -0.4 is 20.5 Å². The number of rotatable bonds is 4. The van der Waals surface area contributed by atoms with Crippen molar-refractivity contribution in [3.8, 4) is 11.5 Å². The minimum absolute atomic E-state index is 0.129. The molecule has 0 aromatic heterocycles. The largest absolute Gasteiger partial charge is 0.490 e. The number of ether oxygens (including phenoxy) is 2. The van der Waals surface area contributed by atoms with Gasteiger partial charge in [0.25, 0.3) is 0 Å². The van der Waals surface area contributed by atoms with Crippen LogP contribution in [0.1, 0.15) is 18.1 Å². The maximum absolute atomic E-state index is 10.2. The number of fused-ring (bicyclic) bond motifs is 1. The van der Waals surface area contributed by atoms with E-state index in [9.17, 15) is 5.11 Å². The summed E-state index contributed by atoms with van der Waals surface area (Å²) in [5.74, 6) is 1.60. The number of nitrogens with one attached hydrogen (secondary N) is 1. The molecule has 7 heteroatoms. The number of benzene rings is 2. The van der Waals surface area contributed by atoms with E-state index in [0.717, 1.165) is 17.9 Å². The summed E-state index contributed by atoms with van der Waals surface area (Å²) in [6.07, 6.45) is 0.0745. The standard InChI is InChI=1S/C18H20ClN3O3/c19-13-4-1-3-12(9-13)15(23)11-21-18(20)22-14-5-6-16-17(10-14)25-8-2-7-24-16/h1,3-6,9-10,15,23H,2,7-8,11H2,(H3,20,21,22). The normalized spacial score (nSPS) is 15.4. The smallest absolute Gasteiger partial charge is 0.193 e. The van der Waals surface area contributed by atoms with E-state index < -0.39 is 6.10 Å². The average molecular weight is 362 g/mol. The summed E-state index contributed by atoms with van der Waals surface area (Å²) in [5, 5.41) is 13.7. The molecule has 0 fully saturated rings. The Balaban J connectivity index is 1.62. The van der Waals surface area contributed by atoms with Crippen LogP contribution in [0.25, 0.3) is 0 Å². The Morgan fingerprint density at radius 2 is 2.00 bits per heavy atom.